The van der Waals surface area contributed by atoms with Crippen molar-refractivity contribution in [2.75, 3.05) is 19.1 Å². The molecule has 1 aliphatic heterocycles. The quantitative estimate of drug-likeness (QED) is 0.336. The predicted octanol–water partition coefficient (Wildman–Crippen LogP) is 5.48. The van der Waals surface area contributed by atoms with E-state index in [0.29, 0.717) is 33.2 Å². The lowest BCUT2D eigenvalue weighted by Crippen LogP contribution is -2.29. The van der Waals surface area contributed by atoms with E-state index in [1.165, 1.54) is 11.3 Å². The molecule has 7 nitrogen and oxygen atoms in total. The number of ether oxygens (including phenoxy) is 2. The van der Waals surface area contributed by atoms with Crippen molar-refractivity contribution in [3.63, 3.8) is 0 Å². The van der Waals surface area contributed by atoms with Gasteiger partial charge in [0, 0.05) is 0 Å². The number of hydrogen-bond acceptors (Lipinski definition) is 7. The van der Waals surface area contributed by atoms with Crippen molar-refractivity contribution >= 4 is 43.6 Å². The number of carbonyl (C=O) groups is 1. The molecule has 0 N–H and O–H groups in total. The summed E-state index contributed by atoms with van der Waals surface area (Å²) in [5.41, 5.74) is 2.99. The Morgan fingerprint density at radius 1 is 0.971 bits per heavy atom. The number of benzene rings is 3. The summed E-state index contributed by atoms with van der Waals surface area (Å²) in [6.45, 7) is 2.01. The molecule has 35 heavy (non-hydrogen) atoms. The number of para-hydroxylation sites is 1. The fourth-order valence-electron chi connectivity index (χ4n) is 4.58. The van der Waals surface area contributed by atoms with Crippen molar-refractivity contribution in [3.8, 4) is 11.5 Å². The molecule has 5 aromatic rings. The Kier molecular flexibility index (Phi) is 4.86. The number of aromatic nitrogens is 1. The number of fused-ring (bicyclic) bond motifs is 3. The first kappa shape index (κ1) is 21.4. The van der Waals surface area contributed by atoms with Crippen LogP contribution in [0.1, 0.15) is 33.3 Å². The molecule has 0 unspecified atom stereocenters. The molecular formula is C27H20N2O5S. The Balaban J connectivity index is 1.63. The molecule has 1 aliphatic rings. The van der Waals surface area contributed by atoms with Crippen LogP contribution in [-0.4, -0.2) is 25.1 Å². The fourth-order valence-corrected chi connectivity index (χ4v) is 5.67. The van der Waals surface area contributed by atoms with Gasteiger partial charge in [-0.1, -0.05) is 35.6 Å². The highest BCUT2D eigenvalue weighted by molar-refractivity contribution is 7.22. The molecule has 3 heterocycles. The monoisotopic (exact) mass is 484 g/mol. The minimum atomic E-state index is -0.736. The van der Waals surface area contributed by atoms with E-state index in [9.17, 15) is 9.59 Å². The van der Waals surface area contributed by atoms with Crippen LogP contribution in [0.3, 0.4) is 0 Å². The molecule has 1 amide bonds. The predicted molar refractivity (Wildman–Crippen MR) is 135 cm³/mol. The van der Waals surface area contributed by atoms with Crippen LogP contribution in [0.5, 0.6) is 11.5 Å². The molecule has 8 heteroatoms. The van der Waals surface area contributed by atoms with Crippen LogP contribution in [-0.2, 0) is 0 Å². The molecular weight excluding hydrogens is 464 g/mol. The molecule has 0 bridgehead atoms. The van der Waals surface area contributed by atoms with Gasteiger partial charge in [0.1, 0.15) is 5.58 Å². The first-order chi connectivity index (χ1) is 17.0. The fraction of sp³-hybridized carbons (Fsp3) is 0.148. The first-order valence-corrected chi connectivity index (χ1v) is 11.8. The van der Waals surface area contributed by atoms with Gasteiger partial charge >= 0.3 is 0 Å². The van der Waals surface area contributed by atoms with E-state index in [0.717, 1.165) is 15.8 Å². The Bertz CT molecular complexity index is 1700. The van der Waals surface area contributed by atoms with Crippen LogP contribution < -0.4 is 19.8 Å². The van der Waals surface area contributed by atoms with Gasteiger partial charge in [-0.15, -0.1) is 0 Å². The van der Waals surface area contributed by atoms with Gasteiger partial charge in [0.15, 0.2) is 22.1 Å². The zero-order valence-corrected chi connectivity index (χ0v) is 20.0. The summed E-state index contributed by atoms with van der Waals surface area (Å²) in [4.78, 5) is 33.8. The first-order valence-electron chi connectivity index (χ1n) is 11.0. The van der Waals surface area contributed by atoms with E-state index >= 15 is 0 Å². The highest BCUT2D eigenvalue weighted by Gasteiger charge is 2.45. The van der Waals surface area contributed by atoms with Gasteiger partial charge in [-0.3, -0.25) is 14.5 Å². The van der Waals surface area contributed by atoms with Crippen LogP contribution in [0.15, 0.2) is 69.9 Å². The lowest BCUT2D eigenvalue weighted by molar-refractivity contribution is 0.0971. The Morgan fingerprint density at radius 3 is 2.57 bits per heavy atom. The Labute approximate surface area is 204 Å². The van der Waals surface area contributed by atoms with E-state index in [1.54, 1.807) is 55.5 Å². The lowest BCUT2D eigenvalue weighted by Gasteiger charge is -2.23. The SMILES string of the molecule is COc1ccc([C@@H]2c3c(oc4ccccc4c3=O)C(=O)N2c2nc3ccc(C)cc3s2)cc1OC. The highest BCUT2D eigenvalue weighted by Crippen LogP contribution is 2.45. The zero-order chi connectivity index (χ0) is 24.3. The molecule has 0 saturated heterocycles. The van der Waals surface area contributed by atoms with Gasteiger partial charge in [0.2, 0.25) is 5.76 Å². The van der Waals surface area contributed by atoms with Crippen molar-refractivity contribution < 1.29 is 18.7 Å². The summed E-state index contributed by atoms with van der Waals surface area (Å²) < 4.78 is 17.9. The number of thiazole rings is 1. The van der Waals surface area contributed by atoms with E-state index < -0.39 is 11.9 Å². The Morgan fingerprint density at radius 2 is 1.77 bits per heavy atom. The average Bonchev–Trinajstić information content (AvgIpc) is 3.42. The summed E-state index contributed by atoms with van der Waals surface area (Å²) in [6, 6.07) is 17.5. The zero-order valence-electron chi connectivity index (χ0n) is 19.2. The second-order valence-electron chi connectivity index (χ2n) is 8.33. The van der Waals surface area contributed by atoms with Crippen molar-refractivity contribution in [2.45, 2.75) is 13.0 Å². The summed E-state index contributed by atoms with van der Waals surface area (Å²) in [5, 5.41) is 0.913. The maximum absolute atomic E-state index is 13.8. The molecule has 0 aliphatic carbocycles. The maximum atomic E-state index is 13.8. The largest absolute Gasteiger partial charge is 0.493 e. The third-order valence-electron chi connectivity index (χ3n) is 6.24. The normalized spacial score (nSPS) is 15.1. The van der Waals surface area contributed by atoms with Crippen LogP contribution in [0.4, 0.5) is 5.13 Å². The third kappa shape index (κ3) is 3.21. The van der Waals surface area contributed by atoms with Crippen molar-refractivity contribution in [1.82, 2.24) is 4.98 Å². The highest BCUT2D eigenvalue weighted by atomic mass is 32.1. The van der Waals surface area contributed by atoms with Gasteiger partial charge in [0.25, 0.3) is 5.91 Å². The van der Waals surface area contributed by atoms with Crippen LogP contribution in [0.25, 0.3) is 21.2 Å². The number of methoxy groups -OCH3 is 2. The maximum Gasteiger partial charge on any atom is 0.297 e. The minimum absolute atomic E-state index is 0.0314. The Hall–Kier alpha value is -4.17. The molecule has 2 aromatic heterocycles. The number of amides is 1. The smallest absolute Gasteiger partial charge is 0.297 e. The van der Waals surface area contributed by atoms with Gasteiger partial charge in [-0.2, -0.15) is 0 Å². The third-order valence-corrected chi connectivity index (χ3v) is 7.26. The summed E-state index contributed by atoms with van der Waals surface area (Å²) in [7, 11) is 3.10. The van der Waals surface area contributed by atoms with Gasteiger partial charge in [-0.05, 0) is 54.4 Å². The molecule has 0 saturated carbocycles. The van der Waals surface area contributed by atoms with E-state index in [4.69, 9.17) is 18.9 Å². The second kappa shape index (κ2) is 7.95. The van der Waals surface area contributed by atoms with Crippen molar-refractivity contribution in [1.29, 1.82) is 0 Å². The molecule has 174 valence electrons. The number of anilines is 1. The number of aryl methyl sites for hydroxylation is 1. The van der Waals surface area contributed by atoms with Gasteiger partial charge in [0.05, 0.1) is 41.4 Å². The summed E-state index contributed by atoms with van der Waals surface area (Å²) in [6.07, 6.45) is 0. The van der Waals surface area contributed by atoms with Crippen molar-refractivity contribution in [2.24, 2.45) is 0 Å². The molecule has 0 radical (unpaired) electrons. The molecule has 0 fully saturated rings. The summed E-state index contributed by atoms with van der Waals surface area (Å²) in [5.74, 6) is 0.673. The van der Waals surface area contributed by atoms with E-state index in [2.05, 4.69) is 0 Å². The average molecular weight is 485 g/mol. The van der Waals surface area contributed by atoms with Crippen LogP contribution >= 0.6 is 11.3 Å². The topological polar surface area (TPSA) is 81.9 Å². The minimum Gasteiger partial charge on any atom is -0.493 e. The number of hydrogen-bond donors (Lipinski definition) is 0. The lowest BCUT2D eigenvalue weighted by atomic mass is 9.98. The second-order valence-corrected chi connectivity index (χ2v) is 9.34. The summed E-state index contributed by atoms with van der Waals surface area (Å²) >= 11 is 1.40. The number of rotatable bonds is 4. The van der Waals surface area contributed by atoms with Gasteiger partial charge < -0.3 is 13.9 Å². The molecule has 6 rings (SSSR count). The number of carbonyl (C=O) groups excluding carboxylic acids is 1. The molecule has 1 atom stereocenters. The van der Waals surface area contributed by atoms with Crippen LogP contribution in [0.2, 0.25) is 0 Å². The molecule has 0 spiro atoms. The van der Waals surface area contributed by atoms with E-state index in [-0.39, 0.29) is 16.8 Å². The van der Waals surface area contributed by atoms with E-state index in [1.807, 2.05) is 31.2 Å². The van der Waals surface area contributed by atoms with Crippen LogP contribution in [0, 0.1) is 6.92 Å². The molecule has 3 aromatic carbocycles. The standard InChI is InChI=1S/C27H20N2O5S/c1-14-8-10-17-21(12-14)35-27(28-17)29-23(15-9-11-19(32-2)20(13-15)33-3)22-24(30)16-6-4-5-7-18(16)34-25(22)26(29)31/h4-13,23H,1-3H3/t23-/m1/s1. The van der Waals surface area contributed by atoms with Crippen molar-refractivity contribution in [3.05, 3.63) is 93.3 Å². The number of nitrogens with zero attached hydrogens (tertiary/aromatic N) is 2. The van der Waals surface area contributed by atoms with Gasteiger partial charge in [-0.25, -0.2) is 4.98 Å².